The van der Waals surface area contributed by atoms with Gasteiger partial charge in [-0.15, -0.1) is 0 Å². The number of nitrogens with zero attached hydrogens (tertiary/aromatic N) is 1. The lowest BCUT2D eigenvalue weighted by Crippen LogP contribution is -2.09. The van der Waals surface area contributed by atoms with E-state index in [1.807, 2.05) is 12.1 Å². The van der Waals surface area contributed by atoms with Gasteiger partial charge in [0, 0.05) is 22.4 Å². The summed E-state index contributed by atoms with van der Waals surface area (Å²) in [4.78, 5) is 13.6. The predicted molar refractivity (Wildman–Crippen MR) is 69.9 cm³/mol. The molecule has 0 unspecified atom stereocenters. The second-order valence-corrected chi connectivity index (χ2v) is 4.73. The molecular formula is C10H6BrClN2OS. The fraction of sp³-hybridized carbons (Fsp3) is 0. The Morgan fingerprint density at radius 1 is 1.38 bits per heavy atom. The van der Waals surface area contributed by atoms with Gasteiger partial charge in [0.25, 0.3) is 5.56 Å². The average molecular weight is 318 g/mol. The van der Waals surface area contributed by atoms with Crippen LogP contribution in [0.15, 0.2) is 39.7 Å². The summed E-state index contributed by atoms with van der Waals surface area (Å²) in [5, 5.41) is 0.625. The van der Waals surface area contributed by atoms with Crippen LogP contribution in [0.3, 0.4) is 0 Å². The number of rotatable bonds is 1. The number of halogens is 2. The monoisotopic (exact) mass is 316 g/mol. The van der Waals surface area contributed by atoms with Crippen molar-refractivity contribution in [2.45, 2.75) is 0 Å². The van der Waals surface area contributed by atoms with E-state index in [0.717, 1.165) is 10.2 Å². The topological polar surface area (TPSA) is 37.8 Å². The Morgan fingerprint density at radius 3 is 2.75 bits per heavy atom. The summed E-state index contributed by atoms with van der Waals surface area (Å²) < 4.78 is 2.82. The molecule has 0 fully saturated rings. The summed E-state index contributed by atoms with van der Waals surface area (Å²) in [6, 6.07) is 6.82. The second kappa shape index (κ2) is 4.53. The molecule has 1 aromatic carbocycles. The molecule has 0 saturated carbocycles. The Labute approximate surface area is 110 Å². The molecule has 0 atom stereocenters. The van der Waals surface area contributed by atoms with E-state index in [9.17, 15) is 4.79 Å². The molecule has 0 spiro atoms. The molecule has 16 heavy (non-hydrogen) atoms. The van der Waals surface area contributed by atoms with Gasteiger partial charge in [0.2, 0.25) is 0 Å². The number of hydrogen-bond acceptors (Lipinski definition) is 2. The van der Waals surface area contributed by atoms with Gasteiger partial charge in [0.05, 0.1) is 5.02 Å². The molecule has 0 amide bonds. The third kappa shape index (κ3) is 2.26. The maximum absolute atomic E-state index is 11.0. The van der Waals surface area contributed by atoms with Crippen molar-refractivity contribution in [3.05, 3.63) is 55.1 Å². The summed E-state index contributed by atoms with van der Waals surface area (Å²) in [7, 11) is 0. The summed E-state index contributed by atoms with van der Waals surface area (Å²) >= 11 is 14.3. The van der Waals surface area contributed by atoms with E-state index in [4.69, 9.17) is 23.8 Å². The molecule has 0 aliphatic rings. The molecule has 1 N–H and O–H groups in total. The third-order valence-electron chi connectivity index (χ3n) is 2.01. The quantitative estimate of drug-likeness (QED) is 0.819. The highest BCUT2D eigenvalue weighted by molar-refractivity contribution is 9.10. The smallest absolute Gasteiger partial charge is 0.251 e. The zero-order chi connectivity index (χ0) is 11.7. The molecule has 0 bridgehead atoms. The highest BCUT2D eigenvalue weighted by Crippen LogP contribution is 2.24. The minimum absolute atomic E-state index is 0.214. The minimum atomic E-state index is -0.214. The van der Waals surface area contributed by atoms with Crippen LogP contribution >= 0.6 is 39.7 Å². The molecule has 6 heteroatoms. The summed E-state index contributed by atoms with van der Waals surface area (Å²) in [5.41, 5.74) is 0.617. The molecule has 0 radical (unpaired) electrons. The first kappa shape index (κ1) is 11.6. The Morgan fingerprint density at radius 2 is 2.12 bits per heavy atom. The van der Waals surface area contributed by atoms with E-state index < -0.39 is 0 Å². The zero-order valence-corrected chi connectivity index (χ0v) is 11.1. The van der Waals surface area contributed by atoms with Gasteiger partial charge in [-0.2, -0.15) is 0 Å². The first-order valence-corrected chi connectivity index (χ1v) is 5.93. The zero-order valence-electron chi connectivity index (χ0n) is 7.91. The highest BCUT2D eigenvalue weighted by atomic mass is 79.9. The number of nitrogens with one attached hydrogen (secondary N) is 1. The first-order chi connectivity index (χ1) is 7.58. The molecule has 82 valence electrons. The molecule has 0 aliphatic carbocycles. The molecule has 0 saturated heterocycles. The fourth-order valence-corrected chi connectivity index (χ4v) is 2.01. The van der Waals surface area contributed by atoms with Crippen molar-refractivity contribution in [3.8, 4) is 5.69 Å². The van der Waals surface area contributed by atoms with E-state index in [1.165, 1.54) is 6.07 Å². The minimum Gasteiger partial charge on any atom is -0.299 e. The standard InChI is InChI=1S/C10H6BrClN2OS/c11-7-5-6(1-2-8(7)12)14-4-3-9(15)13-10(14)16/h1-5H,(H,13,15,16). The maximum atomic E-state index is 11.0. The fourth-order valence-electron chi connectivity index (χ4n) is 1.26. The summed E-state index contributed by atoms with van der Waals surface area (Å²) in [6.07, 6.45) is 1.62. The molecule has 2 rings (SSSR count). The molecule has 0 aliphatic heterocycles. The van der Waals surface area contributed by atoms with Crippen LogP contribution in [0, 0.1) is 4.77 Å². The lowest BCUT2D eigenvalue weighted by molar-refractivity contribution is 0.937. The molecular weight excluding hydrogens is 312 g/mol. The largest absolute Gasteiger partial charge is 0.299 e. The van der Waals surface area contributed by atoms with Crippen molar-refractivity contribution >= 4 is 39.7 Å². The van der Waals surface area contributed by atoms with Gasteiger partial charge in [-0.05, 0) is 46.3 Å². The van der Waals surface area contributed by atoms with E-state index in [0.29, 0.717) is 9.79 Å². The van der Waals surface area contributed by atoms with E-state index in [2.05, 4.69) is 20.9 Å². The van der Waals surface area contributed by atoms with Crippen LogP contribution in [-0.2, 0) is 0 Å². The van der Waals surface area contributed by atoms with Gasteiger partial charge in [0.15, 0.2) is 4.77 Å². The Balaban J connectivity index is 2.63. The second-order valence-electron chi connectivity index (χ2n) is 3.08. The van der Waals surface area contributed by atoms with Gasteiger partial charge in [-0.3, -0.25) is 14.3 Å². The first-order valence-electron chi connectivity index (χ1n) is 4.35. The Hall–Kier alpha value is -0.910. The van der Waals surface area contributed by atoms with Gasteiger partial charge in [-0.1, -0.05) is 11.6 Å². The van der Waals surface area contributed by atoms with Crippen LogP contribution in [0.4, 0.5) is 0 Å². The van der Waals surface area contributed by atoms with E-state index in [1.54, 1.807) is 16.8 Å². The molecule has 3 nitrogen and oxygen atoms in total. The highest BCUT2D eigenvalue weighted by Gasteiger charge is 2.01. The van der Waals surface area contributed by atoms with Gasteiger partial charge >= 0.3 is 0 Å². The molecule has 1 heterocycles. The van der Waals surface area contributed by atoms with Gasteiger partial charge in [-0.25, -0.2) is 0 Å². The van der Waals surface area contributed by atoms with Gasteiger partial charge < -0.3 is 0 Å². The number of aromatic amines is 1. The molecule has 2 aromatic rings. The normalized spacial score (nSPS) is 10.4. The van der Waals surface area contributed by atoms with Crippen molar-refractivity contribution in [1.82, 2.24) is 9.55 Å². The molecule has 1 aromatic heterocycles. The number of H-pyrrole nitrogens is 1. The number of hydrogen-bond donors (Lipinski definition) is 1. The predicted octanol–water partition coefficient (Wildman–Crippen LogP) is 3.31. The van der Waals surface area contributed by atoms with Crippen LogP contribution < -0.4 is 5.56 Å². The van der Waals surface area contributed by atoms with Crippen LogP contribution in [-0.4, -0.2) is 9.55 Å². The van der Waals surface area contributed by atoms with E-state index >= 15 is 0 Å². The van der Waals surface area contributed by atoms with Crippen molar-refractivity contribution in [1.29, 1.82) is 0 Å². The maximum Gasteiger partial charge on any atom is 0.251 e. The van der Waals surface area contributed by atoms with E-state index in [-0.39, 0.29) is 5.56 Å². The van der Waals surface area contributed by atoms with Crippen molar-refractivity contribution < 1.29 is 0 Å². The summed E-state index contributed by atoms with van der Waals surface area (Å²) in [5.74, 6) is 0. The Bertz CT molecular complexity index is 650. The van der Waals surface area contributed by atoms with Gasteiger partial charge in [0.1, 0.15) is 0 Å². The van der Waals surface area contributed by atoms with Crippen molar-refractivity contribution in [2.75, 3.05) is 0 Å². The summed E-state index contributed by atoms with van der Waals surface area (Å²) in [6.45, 7) is 0. The third-order valence-corrected chi connectivity index (χ3v) is 3.52. The average Bonchev–Trinajstić information content (AvgIpc) is 2.22. The Kier molecular flexibility index (Phi) is 3.28. The van der Waals surface area contributed by atoms with Crippen LogP contribution in [0.2, 0.25) is 5.02 Å². The van der Waals surface area contributed by atoms with Crippen LogP contribution in [0.1, 0.15) is 0 Å². The number of aromatic nitrogens is 2. The number of benzene rings is 1. The van der Waals surface area contributed by atoms with Crippen LogP contribution in [0.5, 0.6) is 0 Å². The SMILES string of the molecule is O=c1ccn(-c2ccc(Cl)c(Br)c2)c(=S)[nH]1. The van der Waals surface area contributed by atoms with Crippen molar-refractivity contribution in [3.63, 3.8) is 0 Å². The lowest BCUT2D eigenvalue weighted by Gasteiger charge is -2.06. The van der Waals surface area contributed by atoms with Crippen LogP contribution in [0.25, 0.3) is 5.69 Å². The lowest BCUT2D eigenvalue weighted by atomic mass is 10.3. The van der Waals surface area contributed by atoms with Crippen molar-refractivity contribution in [2.24, 2.45) is 0 Å².